The Bertz CT molecular complexity index is 190. The average Bonchev–Trinajstić information content (AvgIpc) is 2.04. The van der Waals surface area contributed by atoms with Gasteiger partial charge in [-0.15, -0.1) is 0 Å². The summed E-state index contributed by atoms with van der Waals surface area (Å²) in [4.78, 5) is 3.80. The fraction of sp³-hybridized carbons (Fsp3) is 0.286. The lowest BCUT2D eigenvalue weighted by Gasteiger charge is -2.02. The number of pyridine rings is 1. The molecule has 1 aromatic heterocycles. The van der Waals surface area contributed by atoms with Crippen LogP contribution in [-0.2, 0) is 0 Å². The summed E-state index contributed by atoms with van der Waals surface area (Å²) >= 11 is 0. The quantitative estimate of drug-likeness (QED) is 0.608. The minimum Gasteiger partial charge on any atom is -0.491 e. The minimum atomic E-state index is 0.463. The summed E-state index contributed by atoms with van der Waals surface area (Å²) < 4.78 is 9.80. The van der Waals surface area contributed by atoms with Gasteiger partial charge in [-0.3, -0.25) is 0 Å². The number of rotatable bonds is 2. The van der Waals surface area contributed by atoms with E-state index in [2.05, 4.69) is 11.2 Å². The molecule has 3 nitrogen and oxygen atoms in total. The molecule has 0 fully saturated rings. The Morgan fingerprint density at radius 1 is 1.40 bits per heavy atom. The highest BCUT2D eigenvalue weighted by Crippen LogP contribution is 2.21. The van der Waals surface area contributed by atoms with Gasteiger partial charge in [-0.25, -0.2) is 4.98 Å². The number of hydrogen-bond donors (Lipinski definition) is 0. The van der Waals surface area contributed by atoms with Crippen molar-refractivity contribution in [3.8, 4) is 11.6 Å². The molecular weight excluding hydrogens is 130 g/mol. The van der Waals surface area contributed by atoms with Gasteiger partial charge in [0.2, 0.25) is 0 Å². The molecule has 3 heteroatoms. The summed E-state index contributed by atoms with van der Waals surface area (Å²) in [5, 5.41) is 0. The molecule has 0 unspecified atom stereocenters. The first-order valence-electron chi connectivity index (χ1n) is 2.83. The molecule has 1 radical (unpaired) electrons. The number of methoxy groups -OCH3 is 2. The van der Waals surface area contributed by atoms with Crippen molar-refractivity contribution in [2.24, 2.45) is 0 Å². The molecule has 0 saturated heterocycles. The van der Waals surface area contributed by atoms with Crippen LogP contribution in [0.25, 0.3) is 0 Å². The van der Waals surface area contributed by atoms with Crippen LogP contribution in [0.4, 0.5) is 0 Å². The van der Waals surface area contributed by atoms with Gasteiger partial charge in [-0.2, -0.15) is 0 Å². The SMILES string of the molecule is COc1cc[c]nc1OC. The molecule has 0 bridgehead atoms. The molecule has 10 heavy (non-hydrogen) atoms. The van der Waals surface area contributed by atoms with E-state index in [1.165, 1.54) is 0 Å². The van der Waals surface area contributed by atoms with Crippen molar-refractivity contribution in [1.29, 1.82) is 0 Å². The Morgan fingerprint density at radius 3 is 2.70 bits per heavy atom. The number of nitrogens with zero attached hydrogens (tertiary/aromatic N) is 1. The van der Waals surface area contributed by atoms with Gasteiger partial charge in [0.05, 0.1) is 20.4 Å². The minimum absolute atomic E-state index is 0.463. The second-order valence-corrected chi connectivity index (χ2v) is 1.65. The highest BCUT2D eigenvalue weighted by atomic mass is 16.5. The third-order valence-electron chi connectivity index (χ3n) is 1.10. The first-order valence-corrected chi connectivity index (χ1v) is 2.83. The monoisotopic (exact) mass is 138 g/mol. The topological polar surface area (TPSA) is 31.4 Å². The van der Waals surface area contributed by atoms with Crippen LogP contribution in [0.15, 0.2) is 12.1 Å². The van der Waals surface area contributed by atoms with Crippen LogP contribution < -0.4 is 9.47 Å². The predicted molar refractivity (Wildman–Crippen MR) is 36.2 cm³/mol. The van der Waals surface area contributed by atoms with Crippen molar-refractivity contribution in [1.82, 2.24) is 4.98 Å². The van der Waals surface area contributed by atoms with E-state index in [9.17, 15) is 0 Å². The second-order valence-electron chi connectivity index (χ2n) is 1.65. The van der Waals surface area contributed by atoms with Gasteiger partial charge in [0.25, 0.3) is 5.88 Å². The smallest absolute Gasteiger partial charge is 0.257 e. The van der Waals surface area contributed by atoms with Crippen LogP contribution >= 0.6 is 0 Å². The molecule has 0 N–H and O–H groups in total. The average molecular weight is 138 g/mol. The lowest BCUT2D eigenvalue weighted by Crippen LogP contribution is -1.91. The maximum Gasteiger partial charge on any atom is 0.257 e. The van der Waals surface area contributed by atoms with Crippen molar-refractivity contribution in [2.45, 2.75) is 0 Å². The zero-order valence-electron chi connectivity index (χ0n) is 5.92. The number of aromatic nitrogens is 1. The van der Waals surface area contributed by atoms with Gasteiger partial charge in [0, 0.05) is 0 Å². The van der Waals surface area contributed by atoms with Gasteiger partial charge in [-0.05, 0) is 12.1 Å². The van der Waals surface area contributed by atoms with E-state index in [-0.39, 0.29) is 0 Å². The Balaban J connectivity index is 2.96. The summed E-state index contributed by atoms with van der Waals surface area (Å²) in [6, 6.07) is 3.41. The van der Waals surface area contributed by atoms with Gasteiger partial charge < -0.3 is 9.47 Å². The van der Waals surface area contributed by atoms with Gasteiger partial charge in [0.1, 0.15) is 0 Å². The summed E-state index contributed by atoms with van der Waals surface area (Å²) in [7, 11) is 3.11. The largest absolute Gasteiger partial charge is 0.491 e. The normalized spacial score (nSPS) is 9.00. The lowest BCUT2D eigenvalue weighted by atomic mass is 10.4. The van der Waals surface area contributed by atoms with Crippen molar-refractivity contribution >= 4 is 0 Å². The highest BCUT2D eigenvalue weighted by Gasteiger charge is 1.99. The molecule has 0 aromatic carbocycles. The molecule has 53 valence electrons. The van der Waals surface area contributed by atoms with E-state index in [4.69, 9.17) is 9.47 Å². The van der Waals surface area contributed by atoms with E-state index in [0.717, 1.165) is 0 Å². The summed E-state index contributed by atoms with van der Waals surface area (Å²) in [6.45, 7) is 0. The Hall–Kier alpha value is -1.25. The zero-order valence-corrected chi connectivity index (χ0v) is 5.92. The Morgan fingerprint density at radius 2 is 2.20 bits per heavy atom. The van der Waals surface area contributed by atoms with Gasteiger partial charge in [-0.1, -0.05) is 0 Å². The standard InChI is InChI=1S/C7H8NO2/c1-9-6-4-3-5-8-7(6)10-2/h3-4H,1-2H3. The third kappa shape index (κ3) is 1.18. The maximum absolute atomic E-state index is 4.93. The van der Waals surface area contributed by atoms with E-state index in [0.29, 0.717) is 11.6 Å². The van der Waals surface area contributed by atoms with E-state index < -0.39 is 0 Å². The van der Waals surface area contributed by atoms with Crippen LogP contribution in [0.1, 0.15) is 0 Å². The summed E-state index contributed by atoms with van der Waals surface area (Å²) in [5.41, 5.74) is 0. The lowest BCUT2D eigenvalue weighted by molar-refractivity contribution is 0.343. The van der Waals surface area contributed by atoms with E-state index in [1.807, 2.05) is 0 Å². The van der Waals surface area contributed by atoms with E-state index in [1.54, 1.807) is 26.4 Å². The fourth-order valence-electron chi connectivity index (χ4n) is 0.637. The van der Waals surface area contributed by atoms with Crippen molar-refractivity contribution < 1.29 is 9.47 Å². The maximum atomic E-state index is 4.93. The molecule has 0 saturated carbocycles. The molecule has 0 amide bonds. The zero-order chi connectivity index (χ0) is 7.40. The highest BCUT2D eigenvalue weighted by molar-refractivity contribution is 5.31. The van der Waals surface area contributed by atoms with Gasteiger partial charge >= 0.3 is 0 Å². The first-order chi connectivity index (χ1) is 4.88. The fourth-order valence-corrected chi connectivity index (χ4v) is 0.637. The summed E-state index contributed by atoms with van der Waals surface area (Å²) in [5.74, 6) is 1.09. The Labute approximate surface area is 59.6 Å². The second kappa shape index (κ2) is 3.06. The number of ether oxygens (including phenoxy) is 2. The summed E-state index contributed by atoms with van der Waals surface area (Å²) in [6.07, 6.45) is 2.63. The molecule has 1 heterocycles. The van der Waals surface area contributed by atoms with Gasteiger partial charge in [0.15, 0.2) is 5.75 Å². The van der Waals surface area contributed by atoms with Crippen LogP contribution in [0.3, 0.4) is 0 Å². The third-order valence-corrected chi connectivity index (χ3v) is 1.10. The predicted octanol–water partition coefficient (Wildman–Crippen LogP) is 0.899. The molecule has 0 aliphatic rings. The molecule has 1 aromatic rings. The van der Waals surface area contributed by atoms with Crippen molar-refractivity contribution in [2.75, 3.05) is 14.2 Å². The van der Waals surface area contributed by atoms with Crippen LogP contribution in [-0.4, -0.2) is 19.2 Å². The van der Waals surface area contributed by atoms with Crippen LogP contribution in [0.2, 0.25) is 0 Å². The van der Waals surface area contributed by atoms with Crippen LogP contribution in [0.5, 0.6) is 11.6 Å². The van der Waals surface area contributed by atoms with Crippen molar-refractivity contribution in [3.63, 3.8) is 0 Å². The number of hydrogen-bond acceptors (Lipinski definition) is 3. The molecule has 0 atom stereocenters. The molecule has 0 aliphatic carbocycles. The molecular formula is C7H8NO2. The van der Waals surface area contributed by atoms with E-state index >= 15 is 0 Å². The first kappa shape index (κ1) is 6.86. The van der Waals surface area contributed by atoms with Crippen molar-refractivity contribution in [3.05, 3.63) is 18.3 Å². The molecule has 0 aliphatic heterocycles. The Kier molecular flexibility index (Phi) is 2.10. The molecule has 0 spiro atoms. The van der Waals surface area contributed by atoms with Crippen LogP contribution in [0, 0.1) is 6.20 Å². The molecule has 1 rings (SSSR count).